The summed E-state index contributed by atoms with van der Waals surface area (Å²) < 4.78 is 16.4. The highest BCUT2D eigenvalue weighted by Crippen LogP contribution is 2.40. The molecular formula is C18H29N2O4P. The van der Waals surface area contributed by atoms with E-state index in [-0.39, 0.29) is 12.2 Å². The molecule has 7 heteroatoms. The predicted octanol–water partition coefficient (Wildman–Crippen LogP) is 3.59. The lowest BCUT2D eigenvalue weighted by Crippen LogP contribution is -2.50. The van der Waals surface area contributed by atoms with Crippen molar-refractivity contribution in [2.45, 2.75) is 40.2 Å². The van der Waals surface area contributed by atoms with Gasteiger partial charge in [0, 0.05) is 12.8 Å². The van der Waals surface area contributed by atoms with E-state index in [9.17, 15) is 14.3 Å². The molecular weight excluding hydrogens is 339 g/mol. The van der Waals surface area contributed by atoms with Gasteiger partial charge in [0.15, 0.2) is 0 Å². The molecule has 1 aromatic carbocycles. The monoisotopic (exact) mass is 368 g/mol. The maximum atomic E-state index is 12.9. The number of allylic oxidation sites excluding steroid dienone is 1. The highest BCUT2D eigenvalue weighted by molar-refractivity contribution is 7.52. The Kier molecular flexibility index (Phi) is 7.57. The van der Waals surface area contributed by atoms with E-state index < -0.39 is 19.1 Å². The summed E-state index contributed by atoms with van der Waals surface area (Å²) in [4.78, 5) is 22.6. The second-order valence-corrected chi connectivity index (χ2v) is 8.81. The lowest BCUT2D eigenvalue weighted by Gasteiger charge is -2.34. The Morgan fingerprint density at radius 3 is 2.44 bits per heavy atom. The second kappa shape index (κ2) is 8.77. The van der Waals surface area contributed by atoms with Crippen LogP contribution in [0.15, 0.2) is 30.9 Å². The van der Waals surface area contributed by atoms with Gasteiger partial charge in [0.05, 0.1) is 12.3 Å². The maximum absolute atomic E-state index is 12.9. The molecule has 0 radical (unpaired) electrons. The molecule has 0 aromatic heterocycles. The smallest absolute Gasteiger partial charge is 0.324 e. The van der Waals surface area contributed by atoms with Crippen LogP contribution in [0.1, 0.15) is 31.4 Å². The van der Waals surface area contributed by atoms with Crippen molar-refractivity contribution in [3.63, 3.8) is 0 Å². The van der Waals surface area contributed by atoms with Crippen LogP contribution in [-0.2, 0) is 13.9 Å². The van der Waals surface area contributed by atoms with Gasteiger partial charge in [0.25, 0.3) is 0 Å². The van der Waals surface area contributed by atoms with E-state index in [1.165, 1.54) is 7.11 Å². The number of carbonyl (C=O) groups is 1. The van der Waals surface area contributed by atoms with E-state index in [1.54, 1.807) is 6.08 Å². The minimum atomic E-state index is -3.77. The fourth-order valence-corrected chi connectivity index (χ4v) is 3.23. The Labute approximate surface area is 150 Å². The average molecular weight is 368 g/mol. The summed E-state index contributed by atoms with van der Waals surface area (Å²) in [5.41, 5.74) is 2.17. The number of nitrogens with one attached hydrogen (secondary N) is 2. The molecule has 0 aliphatic rings. The Morgan fingerprint density at radius 1 is 1.40 bits per heavy atom. The van der Waals surface area contributed by atoms with Crippen LogP contribution < -0.4 is 10.6 Å². The van der Waals surface area contributed by atoms with E-state index >= 15 is 0 Å². The van der Waals surface area contributed by atoms with Gasteiger partial charge in [0.2, 0.25) is 5.91 Å². The van der Waals surface area contributed by atoms with Crippen LogP contribution in [0.25, 0.3) is 0 Å². The molecule has 6 nitrogen and oxygen atoms in total. The van der Waals surface area contributed by atoms with Gasteiger partial charge < -0.3 is 14.7 Å². The second-order valence-electron chi connectivity index (χ2n) is 6.85. The number of benzene rings is 1. The third-order valence-corrected chi connectivity index (χ3v) is 5.38. The van der Waals surface area contributed by atoms with Crippen molar-refractivity contribution in [1.82, 2.24) is 5.32 Å². The Morgan fingerprint density at radius 2 is 1.96 bits per heavy atom. The highest BCUT2D eigenvalue weighted by Gasteiger charge is 2.36. The summed E-state index contributed by atoms with van der Waals surface area (Å²) in [5.74, 6) is -0.264. The molecule has 0 saturated carbocycles. The van der Waals surface area contributed by atoms with Gasteiger partial charge in [0.1, 0.15) is 0 Å². The molecule has 2 atom stereocenters. The number of anilines is 1. The Bertz CT molecular complexity index is 653. The van der Waals surface area contributed by atoms with Crippen LogP contribution in [0, 0.1) is 19.3 Å². The first-order chi connectivity index (χ1) is 11.5. The summed E-state index contributed by atoms with van der Waals surface area (Å²) in [6, 6.07) is 5.08. The van der Waals surface area contributed by atoms with E-state index in [0.717, 1.165) is 16.8 Å². The summed E-state index contributed by atoms with van der Waals surface area (Å²) in [7, 11) is -2.60. The standard InChI is InChI=1S/C18H29N2O4P/c1-7-11-18(4,5)16(19-12-25(22,23)24-6)17(21)20-15-13(2)9-8-10-14(15)3/h7-10,16,19H,1,11-12H2,2-6H3,(H,20,21)(H,22,23). The van der Waals surface area contributed by atoms with Crippen LogP contribution >= 0.6 is 7.60 Å². The van der Waals surface area contributed by atoms with E-state index in [4.69, 9.17) is 0 Å². The van der Waals surface area contributed by atoms with Gasteiger partial charge in [-0.2, -0.15) is 0 Å². The fraction of sp³-hybridized carbons (Fsp3) is 0.500. The zero-order valence-corrected chi connectivity index (χ0v) is 16.5. The molecule has 25 heavy (non-hydrogen) atoms. The zero-order chi connectivity index (χ0) is 19.3. The van der Waals surface area contributed by atoms with Crippen LogP contribution in [0.3, 0.4) is 0 Å². The summed E-state index contributed by atoms with van der Waals surface area (Å²) in [5, 5.41) is 5.85. The number of carbonyl (C=O) groups excluding carboxylic acids is 1. The lowest BCUT2D eigenvalue weighted by molar-refractivity contribution is -0.120. The van der Waals surface area contributed by atoms with Gasteiger partial charge in [-0.05, 0) is 36.8 Å². The van der Waals surface area contributed by atoms with Crippen molar-refractivity contribution in [3.8, 4) is 0 Å². The quantitative estimate of drug-likeness (QED) is 0.458. The van der Waals surface area contributed by atoms with E-state index in [2.05, 4.69) is 21.7 Å². The van der Waals surface area contributed by atoms with Crippen molar-refractivity contribution in [2.24, 2.45) is 5.41 Å². The van der Waals surface area contributed by atoms with E-state index in [0.29, 0.717) is 6.42 Å². The predicted molar refractivity (Wildman–Crippen MR) is 102 cm³/mol. The number of amides is 1. The molecule has 0 aliphatic carbocycles. The van der Waals surface area contributed by atoms with Crippen LogP contribution in [-0.4, -0.2) is 30.2 Å². The summed E-state index contributed by atoms with van der Waals surface area (Å²) in [6.45, 7) is 11.4. The van der Waals surface area contributed by atoms with Gasteiger partial charge in [-0.1, -0.05) is 38.1 Å². The molecule has 2 unspecified atom stereocenters. The minimum Gasteiger partial charge on any atom is -0.324 e. The van der Waals surface area contributed by atoms with Crippen molar-refractivity contribution in [3.05, 3.63) is 42.0 Å². The number of aryl methyl sites for hydroxylation is 2. The fourth-order valence-electron chi connectivity index (χ4n) is 2.69. The molecule has 140 valence electrons. The third-order valence-electron chi connectivity index (χ3n) is 4.22. The molecule has 1 rings (SSSR count). The molecule has 1 aromatic rings. The Balaban J connectivity index is 3.07. The highest BCUT2D eigenvalue weighted by atomic mass is 31.2. The first kappa shape index (κ1) is 21.6. The Hall–Kier alpha value is -1.46. The maximum Gasteiger partial charge on any atom is 0.341 e. The van der Waals surface area contributed by atoms with Crippen LogP contribution in [0.5, 0.6) is 0 Å². The molecule has 1 amide bonds. The molecule has 0 heterocycles. The molecule has 0 fully saturated rings. The van der Waals surface area contributed by atoms with Gasteiger partial charge in [-0.3, -0.25) is 14.7 Å². The summed E-state index contributed by atoms with van der Waals surface area (Å²) >= 11 is 0. The van der Waals surface area contributed by atoms with E-state index in [1.807, 2.05) is 45.9 Å². The summed E-state index contributed by atoms with van der Waals surface area (Å²) in [6.07, 6.45) is 1.98. The molecule has 0 aliphatic heterocycles. The van der Waals surface area contributed by atoms with Crippen molar-refractivity contribution >= 4 is 19.2 Å². The first-order valence-corrected chi connectivity index (χ1v) is 9.89. The van der Waals surface area contributed by atoms with Crippen molar-refractivity contribution in [1.29, 1.82) is 0 Å². The first-order valence-electron chi connectivity index (χ1n) is 8.13. The molecule has 0 spiro atoms. The van der Waals surface area contributed by atoms with Gasteiger partial charge in [-0.25, -0.2) is 0 Å². The normalized spacial score (nSPS) is 15.3. The third kappa shape index (κ3) is 6.08. The average Bonchev–Trinajstić information content (AvgIpc) is 2.50. The van der Waals surface area contributed by atoms with Crippen molar-refractivity contribution < 1.29 is 18.8 Å². The van der Waals surface area contributed by atoms with Crippen LogP contribution in [0.4, 0.5) is 5.69 Å². The largest absolute Gasteiger partial charge is 0.341 e. The number of hydrogen-bond donors (Lipinski definition) is 3. The van der Waals surface area contributed by atoms with Gasteiger partial charge in [-0.15, -0.1) is 6.58 Å². The molecule has 3 N–H and O–H groups in total. The number of rotatable bonds is 9. The number of hydrogen-bond acceptors (Lipinski definition) is 4. The SMILES string of the molecule is C=CCC(C)(C)C(NCP(=O)(O)OC)C(=O)Nc1c(C)cccc1C. The van der Waals surface area contributed by atoms with Crippen LogP contribution in [0.2, 0.25) is 0 Å². The number of para-hydroxylation sites is 1. The molecule has 0 bridgehead atoms. The zero-order valence-electron chi connectivity index (χ0n) is 15.6. The van der Waals surface area contributed by atoms with Gasteiger partial charge >= 0.3 is 7.60 Å². The topological polar surface area (TPSA) is 87.7 Å². The lowest BCUT2D eigenvalue weighted by atomic mass is 9.80. The minimum absolute atomic E-state index is 0.264. The van der Waals surface area contributed by atoms with Crippen molar-refractivity contribution in [2.75, 3.05) is 18.7 Å². The molecule has 0 saturated heterocycles.